The molecule has 1 fully saturated rings. The molecule has 0 aromatic heterocycles. The van der Waals surface area contributed by atoms with E-state index in [0.29, 0.717) is 31.1 Å². The van der Waals surface area contributed by atoms with Gasteiger partial charge in [0, 0.05) is 26.2 Å². The van der Waals surface area contributed by atoms with Crippen LogP contribution < -0.4 is 15.0 Å². The van der Waals surface area contributed by atoms with E-state index in [1.807, 2.05) is 4.90 Å². The molecule has 0 radical (unpaired) electrons. The molecule has 1 heterocycles. The average Bonchev–Trinajstić information content (AvgIpc) is 2.75. The Morgan fingerprint density at radius 2 is 1.77 bits per heavy atom. The molecule has 8 nitrogen and oxygen atoms in total. The Morgan fingerprint density at radius 1 is 1.06 bits per heavy atom. The Labute approximate surface area is 181 Å². The second-order valence-electron chi connectivity index (χ2n) is 6.78. The van der Waals surface area contributed by atoms with Crippen molar-refractivity contribution in [1.82, 2.24) is 4.31 Å². The van der Waals surface area contributed by atoms with Crippen molar-refractivity contribution >= 4 is 27.5 Å². The largest absolute Gasteiger partial charge is 0.492 e. The van der Waals surface area contributed by atoms with Gasteiger partial charge in [-0.3, -0.25) is 5.32 Å². The van der Waals surface area contributed by atoms with Gasteiger partial charge >= 0.3 is 6.09 Å². The zero-order chi connectivity index (χ0) is 22.4. The number of carbonyl (C=O) groups is 1. The molecule has 2 aromatic rings. The highest BCUT2D eigenvalue weighted by atomic mass is 32.2. The molecule has 168 valence electrons. The molecule has 1 aliphatic rings. The molecule has 0 aliphatic carbocycles. The van der Waals surface area contributed by atoms with Crippen LogP contribution in [-0.2, 0) is 14.8 Å². The number of ether oxygens (including phenoxy) is 2. The van der Waals surface area contributed by atoms with E-state index >= 15 is 0 Å². The first-order valence-electron chi connectivity index (χ1n) is 10.1. The van der Waals surface area contributed by atoms with E-state index in [4.69, 9.17) is 9.47 Å². The number of amides is 1. The van der Waals surface area contributed by atoms with Crippen molar-refractivity contribution in [3.63, 3.8) is 0 Å². The summed E-state index contributed by atoms with van der Waals surface area (Å²) >= 11 is 0. The lowest BCUT2D eigenvalue weighted by Crippen LogP contribution is -2.48. The van der Waals surface area contributed by atoms with E-state index in [1.54, 1.807) is 32.0 Å². The molecular formula is C21H26FN3O5S. The molecule has 2 aromatic carbocycles. The lowest BCUT2D eigenvalue weighted by atomic mass is 10.2. The highest BCUT2D eigenvalue weighted by molar-refractivity contribution is 7.89. The summed E-state index contributed by atoms with van der Waals surface area (Å²) in [5.74, 6) is 0.0128. The molecule has 0 bridgehead atoms. The molecule has 0 atom stereocenters. The number of hydrogen-bond acceptors (Lipinski definition) is 6. The van der Waals surface area contributed by atoms with E-state index < -0.39 is 16.1 Å². The Morgan fingerprint density at radius 3 is 2.42 bits per heavy atom. The van der Waals surface area contributed by atoms with Crippen LogP contribution in [0, 0.1) is 5.82 Å². The maximum atomic E-state index is 14.0. The molecule has 1 N–H and O–H groups in total. The molecule has 0 saturated carbocycles. The first-order valence-corrected chi connectivity index (χ1v) is 11.5. The van der Waals surface area contributed by atoms with Crippen LogP contribution in [0.3, 0.4) is 0 Å². The van der Waals surface area contributed by atoms with E-state index in [9.17, 15) is 17.6 Å². The van der Waals surface area contributed by atoms with Gasteiger partial charge in [0.15, 0.2) is 0 Å². The average molecular weight is 452 g/mol. The summed E-state index contributed by atoms with van der Waals surface area (Å²) < 4.78 is 52.1. The van der Waals surface area contributed by atoms with Gasteiger partial charge in [-0.25, -0.2) is 17.6 Å². The highest BCUT2D eigenvalue weighted by Crippen LogP contribution is 2.30. The minimum Gasteiger partial charge on any atom is -0.492 e. The second-order valence-corrected chi connectivity index (χ2v) is 8.72. The van der Waals surface area contributed by atoms with Crippen molar-refractivity contribution in [2.75, 3.05) is 49.6 Å². The van der Waals surface area contributed by atoms with Crippen LogP contribution in [-0.4, -0.2) is 58.2 Å². The van der Waals surface area contributed by atoms with Crippen LogP contribution in [0.15, 0.2) is 47.4 Å². The number of nitrogens with zero attached hydrogens (tertiary/aromatic N) is 2. The van der Waals surface area contributed by atoms with E-state index in [0.717, 1.165) is 0 Å². The summed E-state index contributed by atoms with van der Waals surface area (Å²) in [5.41, 5.74) is 0.674. The number of hydrogen-bond donors (Lipinski definition) is 1. The van der Waals surface area contributed by atoms with Gasteiger partial charge in [0.2, 0.25) is 10.0 Å². The minimum atomic E-state index is -3.81. The normalized spacial score (nSPS) is 14.9. The van der Waals surface area contributed by atoms with Crippen molar-refractivity contribution in [1.29, 1.82) is 0 Å². The molecule has 3 rings (SSSR count). The maximum Gasteiger partial charge on any atom is 0.411 e. The first kappa shape index (κ1) is 22.8. The summed E-state index contributed by atoms with van der Waals surface area (Å²) in [6.45, 7) is 5.14. The Bertz CT molecular complexity index is 1020. The molecular weight excluding hydrogens is 425 g/mol. The van der Waals surface area contributed by atoms with Crippen LogP contribution in [0.4, 0.5) is 20.6 Å². The van der Waals surface area contributed by atoms with Crippen LogP contribution in [0.1, 0.15) is 13.8 Å². The molecule has 0 unspecified atom stereocenters. The molecule has 1 aliphatic heterocycles. The van der Waals surface area contributed by atoms with Crippen molar-refractivity contribution in [2.45, 2.75) is 18.7 Å². The van der Waals surface area contributed by atoms with Crippen LogP contribution >= 0.6 is 0 Å². The molecule has 1 amide bonds. The summed E-state index contributed by atoms with van der Waals surface area (Å²) in [6, 6.07) is 10.7. The molecule has 31 heavy (non-hydrogen) atoms. The predicted molar refractivity (Wildman–Crippen MR) is 116 cm³/mol. The van der Waals surface area contributed by atoms with E-state index in [-0.39, 0.29) is 36.1 Å². The Hall–Kier alpha value is -2.85. The number of halogens is 1. The summed E-state index contributed by atoms with van der Waals surface area (Å²) in [6.07, 6.45) is -0.698. The van der Waals surface area contributed by atoms with Gasteiger partial charge in [-0.05, 0) is 44.2 Å². The lowest BCUT2D eigenvalue weighted by Gasteiger charge is -2.35. The number of nitrogens with one attached hydrogen (secondary N) is 1. The third-order valence-electron chi connectivity index (χ3n) is 4.83. The smallest absolute Gasteiger partial charge is 0.411 e. The number of rotatable bonds is 7. The van der Waals surface area contributed by atoms with Crippen molar-refractivity contribution < 1.29 is 27.1 Å². The number of para-hydroxylation sites is 1. The maximum absolute atomic E-state index is 14.0. The monoisotopic (exact) mass is 451 g/mol. The quantitative estimate of drug-likeness (QED) is 0.695. The number of carbonyl (C=O) groups excluding carboxylic acids is 1. The van der Waals surface area contributed by atoms with Crippen LogP contribution in [0.25, 0.3) is 0 Å². The summed E-state index contributed by atoms with van der Waals surface area (Å²) in [7, 11) is -3.81. The van der Waals surface area contributed by atoms with Crippen molar-refractivity contribution in [3.05, 3.63) is 48.3 Å². The zero-order valence-corrected chi connectivity index (χ0v) is 18.3. The topological polar surface area (TPSA) is 88.2 Å². The third kappa shape index (κ3) is 5.26. The number of benzene rings is 2. The zero-order valence-electron chi connectivity index (χ0n) is 17.5. The Balaban J connectivity index is 1.78. The highest BCUT2D eigenvalue weighted by Gasteiger charge is 2.30. The van der Waals surface area contributed by atoms with Gasteiger partial charge in [-0.1, -0.05) is 12.1 Å². The predicted octanol–water partition coefficient (Wildman–Crippen LogP) is 3.30. The standard InChI is InChI=1S/C21H26FN3O5S/c1-3-29-20-10-9-16(15-18(20)23-21(26)30-4-2)31(27,28)25-13-11-24(12-14-25)19-8-6-5-7-17(19)22/h5-10,15H,3-4,11-14H2,1-2H3,(H,23,26). The van der Waals surface area contributed by atoms with Gasteiger partial charge in [-0.15, -0.1) is 0 Å². The van der Waals surface area contributed by atoms with E-state index in [1.165, 1.54) is 28.6 Å². The van der Waals surface area contributed by atoms with Gasteiger partial charge in [0.25, 0.3) is 0 Å². The number of piperazine rings is 1. The first-order chi connectivity index (χ1) is 14.9. The van der Waals surface area contributed by atoms with Crippen molar-refractivity contribution in [2.24, 2.45) is 0 Å². The minimum absolute atomic E-state index is 0.0297. The fourth-order valence-corrected chi connectivity index (χ4v) is 4.80. The SMILES string of the molecule is CCOC(=O)Nc1cc(S(=O)(=O)N2CCN(c3ccccc3F)CC2)ccc1OCC. The third-order valence-corrected chi connectivity index (χ3v) is 6.73. The Kier molecular flexibility index (Phi) is 7.34. The fraction of sp³-hybridized carbons (Fsp3) is 0.381. The van der Waals surface area contributed by atoms with Gasteiger partial charge in [-0.2, -0.15) is 4.31 Å². The van der Waals surface area contributed by atoms with Gasteiger partial charge in [0.1, 0.15) is 11.6 Å². The summed E-state index contributed by atoms with van der Waals surface area (Å²) in [4.78, 5) is 13.7. The fourth-order valence-electron chi connectivity index (χ4n) is 3.35. The second kappa shape index (κ2) is 9.97. The molecule has 10 heteroatoms. The number of anilines is 2. The number of sulfonamides is 1. The van der Waals surface area contributed by atoms with Crippen molar-refractivity contribution in [3.8, 4) is 5.75 Å². The summed E-state index contributed by atoms with van der Waals surface area (Å²) in [5, 5.41) is 2.53. The van der Waals surface area contributed by atoms with Crippen LogP contribution in [0.5, 0.6) is 5.75 Å². The van der Waals surface area contributed by atoms with Crippen LogP contribution in [0.2, 0.25) is 0 Å². The molecule has 0 spiro atoms. The lowest BCUT2D eigenvalue weighted by molar-refractivity contribution is 0.167. The van der Waals surface area contributed by atoms with Gasteiger partial charge < -0.3 is 14.4 Å². The van der Waals surface area contributed by atoms with Gasteiger partial charge in [0.05, 0.1) is 29.5 Å². The van der Waals surface area contributed by atoms with E-state index in [2.05, 4.69) is 5.32 Å². The molecule has 1 saturated heterocycles.